The molecule has 2 aliphatic rings. The Bertz CT molecular complexity index is 118. The third kappa shape index (κ3) is 1.05. The minimum Gasteiger partial charge on any atom is -0.162 e. The quantitative estimate of drug-likeness (QED) is 0.550. The van der Waals surface area contributed by atoms with Crippen LogP contribution in [-0.4, -0.2) is 16.3 Å². The van der Waals surface area contributed by atoms with Gasteiger partial charge in [0.15, 0.2) is 0 Å². The van der Waals surface area contributed by atoms with Crippen molar-refractivity contribution in [3.8, 4) is 0 Å². The lowest BCUT2D eigenvalue weighted by Gasteiger charge is -2.20. The van der Waals surface area contributed by atoms with Crippen LogP contribution in [0.5, 0.6) is 0 Å². The van der Waals surface area contributed by atoms with Gasteiger partial charge in [0.2, 0.25) is 0 Å². The maximum atomic E-state index is 3.69. The highest BCUT2D eigenvalue weighted by Gasteiger charge is 2.52. The van der Waals surface area contributed by atoms with E-state index in [1.165, 1.54) is 30.8 Å². The fourth-order valence-corrected chi connectivity index (χ4v) is 4.00. The molecule has 1 unspecified atom stereocenters. The van der Waals surface area contributed by atoms with Gasteiger partial charge in [-0.1, -0.05) is 15.9 Å². The molecule has 1 heterocycles. The Morgan fingerprint density at radius 1 is 1.33 bits per heavy atom. The van der Waals surface area contributed by atoms with Gasteiger partial charge >= 0.3 is 0 Å². The SMILES string of the molecule is BrC1CC12CCSCC2. The molecule has 1 saturated heterocycles. The van der Waals surface area contributed by atoms with E-state index in [1.807, 2.05) is 0 Å². The van der Waals surface area contributed by atoms with Crippen molar-refractivity contribution in [1.29, 1.82) is 0 Å². The molecule has 0 radical (unpaired) electrons. The summed E-state index contributed by atoms with van der Waals surface area (Å²) in [5, 5.41) is 0. The van der Waals surface area contributed by atoms with Crippen LogP contribution < -0.4 is 0 Å². The van der Waals surface area contributed by atoms with E-state index < -0.39 is 0 Å². The lowest BCUT2D eigenvalue weighted by atomic mass is 10.0. The van der Waals surface area contributed by atoms with Gasteiger partial charge in [-0.2, -0.15) is 11.8 Å². The third-order valence-corrected chi connectivity index (χ3v) is 4.86. The monoisotopic (exact) mass is 206 g/mol. The predicted molar refractivity (Wildman–Crippen MR) is 46.3 cm³/mol. The Morgan fingerprint density at radius 3 is 2.22 bits per heavy atom. The van der Waals surface area contributed by atoms with Crippen LogP contribution in [0.1, 0.15) is 19.3 Å². The van der Waals surface area contributed by atoms with E-state index in [9.17, 15) is 0 Å². The van der Waals surface area contributed by atoms with Crippen molar-refractivity contribution in [2.45, 2.75) is 24.1 Å². The van der Waals surface area contributed by atoms with E-state index in [2.05, 4.69) is 27.7 Å². The van der Waals surface area contributed by atoms with Crippen molar-refractivity contribution in [3.05, 3.63) is 0 Å². The average Bonchev–Trinajstić information content (AvgIpc) is 2.44. The zero-order valence-electron chi connectivity index (χ0n) is 5.40. The van der Waals surface area contributed by atoms with Gasteiger partial charge in [-0.05, 0) is 36.2 Å². The summed E-state index contributed by atoms with van der Waals surface area (Å²) < 4.78 is 0. The van der Waals surface area contributed by atoms with Crippen LogP contribution in [0, 0.1) is 5.41 Å². The minimum absolute atomic E-state index is 0.783. The van der Waals surface area contributed by atoms with Crippen LogP contribution in [-0.2, 0) is 0 Å². The van der Waals surface area contributed by atoms with Crippen LogP contribution >= 0.6 is 27.7 Å². The maximum Gasteiger partial charge on any atom is 0.0208 e. The molecule has 1 aliphatic heterocycles. The first-order valence-corrected chi connectivity index (χ1v) is 5.62. The molecule has 9 heavy (non-hydrogen) atoms. The Morgan fingerprint density at radius 2 is 1.89 bits per heavy atom. The molecule has 1 aliphatic carbocycles. The molecule has 0 N–H and O–H groups in total. The highest BCUT2D eigenvalue weighted by atomic mass is 79.9. The van der Waals surface area contributed by atoms with Crippen LogP contribution in [0.15, 0.2) is 0 Å². The molecule has 2 heteroatoms. The minimum atomic E-state index is 0.783. The average molecular weight is 207 g/mol. The number of hydrogen-bond acceptors (Lipinski definition) is 1. The van der Waals surface area contributed by atoms with E-state index in [1.54, 1.807) is 0 Å². The molecular formula is C7H11BrS. The molecule has 0 aromatic heterocycles. The molecule has 1 atom stereocenters. The molecule has 0 aromatic rings. The van der Waals surface area contributed by atoms with Gasteiger partial charge in [0.1, 0.15) is 0 Å². The fraction of sp³-hybridized carbons (Fsp3) is 1.00. The highest BCUT2D eigenvalue weighted by molar-refractivity contribution is 9.09. The van der Waals surface area contributed by atoms with Gasteiger partial charge in [-0.25, -0.2) is 0 Å². The van der Waals surface area contributed by atoms with Crippen LogP contribution in [0.2, 0.25) is 0 Å². The van der Waals surface area contributed by atoms with E-state index in [4.69, 9.17) is 0 Å². The van der Waals surface area contributed by atoms with Gasteiger partial charge in [-0.15, -0.1) is 0 Å². The number of alkyl halides is 1. The second kappa shape index (κ2) is 2.16. The predicted octanol–water partition coefficient (Wildman–Crippen LogP) is 2.67. The lowest BCUT2D eigenvalue weighted by Crippen LogP contribution is -2.12. The van der Waals surface area contributed by atoms with E-state index in [0.29, 0.717) is 0 Å². The first kappa shape index (κ1) is 6.53. The Balaban J connectivity index is 1.97. The van der Waals surface area contributed by atoms with Gasteiger partial charge in [0, 0.05) is 4.83 Å². The number of rotatable bonds is 0. The van der Waals surface area contributed by atoms with Crippen molar-refractivity contribution in [2.75, 3.05) is 11.5 Å². The Kier molecular flexibility index (Phi) is 1.57. The molecule has 52 valence electrons. The van der Waals surface area contributed by atoms with Crippen LogP contribution in [0.4, 0.5) is 0 Å². The largest absolute Gasteiger partial charge is 0.162 e. The van der Waals surface area contributed by atoms with Crippen LogP contribution in [0.3, 0.4) is 0 Å². The smallest absolute Gasteiger partial charge is 0.0208 e. The van der Waals surface area contributed by atoms with E-state index >= 15 is 0 Å². The lowest BCUT2D eigenvalue weighted by molar-refractivity contribution is 0.476. The zero-order valence-corrected chi connectivity index (χ0v) is 7.80. The summed E-state index contributed by atoms with van der Waals surface area (Å²) in [6, 6.07) is 0. The topological polar surface area (TPSA) is 0 Å². The standard InChI is InChI=1S/C7H11BrS/c8-6-5-7(6)1-3-9-4-2-7/h6H,1-5H2. The molecule has 2 fully saturated rings. The van der Waals surface area contributed by atoms with Gasteiger partial charge in [0.25, 0.3) is 0 Å². The normalized spacial score (nSPS) is 39.0. The summed E-state index contributed by atoms with van der Waals surface area (Å²) in [6.07, 6.45) is 4.38. The summed E-state index contributed by atoms with van der Waals surface area (Å²) in [5.74, 6) is 2.81. The summed E-state index contributed by atoms with van der Waals surface area (Å²) in [7, 11) is 0. The van der Waals surface area contributed by atoms with Gasteiger partial charge < -0.3 is 0 Å². The van der Waals surface area contributed by atoms with Crippen molar-refractivity contribution in [2.24, 2.45) is 5.41 Å². The van der Waals surface area contributed by atoms with E-state index in [-0.39, 0.29) is 0 Å². The Hall–Kier alpha value is 0.830. The Labute approximate surface area is 68.9 Å². The second-order valence-electron chi connectivity index (χ2n) is 3.15. The fourth-order valence-electron chi connectivity index (χ4n) is 1.59. The first-order chi connectivity index (χ1) is 4.33. The molecule has 0 nitrogen and oxygen atoms in total. The summed E-state index contributed by atoms with van der Waals surface area (Å²) in [4.78, 5) is 0.880. The molecule has 0 amide bonds. The molecule has 0 aromatic carbocycles. The van der Waals surface area contributed by atoms with Crippen molar-refractivity contribution in [3.63, 3.8) is 0 Å². The van der Waals surface area contributed by atoms with Crippen molar-refractivity contribution < 1.29 is 0 Å². The number of halogens is 1. The van der Waals surface area contributed by atoms with E-state index in [0.717, 1.165) is 10.2 Å². The zero-order chi connectivity index (χ0) is 6.32. The summed E-state index contributed by atoms with van der Waals surface area (Å²) >= 11 is 5.81. The number of hydrogen-bond donors (Lipinski definition) is 0. The van der Waals surface area contributed by atoms with Crippen molar-refractivity contribution in [1.82, 2.24) is 0 Å². The number of thioether (sulfide) groups is 1. The molecule has 1 spiro atoms. The molecular weight excluding hydrogens is 196 g/mol. The molecule has 1 saturated carbocycles. The van der Waals surface area contributed by atoms with Gasteiger partial charge in [0.05, 0.1) is 0 Å². The molecule has 2 rings (SSSR count). The summed E-state index contributed by atoms with van der Waals surface area (Å²) in [5.41, 5.74) is 0.783. The van der Waals surface area contributed by atoms with Gasteiger partial charge in [-0.3, -0.25) is 0 Å². The summed E-state index contributed by atoms with van der Waals surface area (Å²) in [6.45, 7) is 0. The highest BCUT2D eigenvalue weighted by Crippen LogP contribution is 2.59. The second-order valence-corrected chi connectivity index (χ2v) is 5.48. The third-order valence-electron chi connectivity index (χ3n) is 2.58. The van der Waals surface area contributed by atoms with Crippen LogP contribution in [0.25, 0.3) is 0 Å². The van der Waals surface area contributed by atoms with Crippen molar-refractivity contribution >= 4 is 27.7 Å². The first-order valence-electron chi connectivity index (χ1n) is 3.55. The maximum absolute atomic E-state index is 3.69. The molecule has 0 bridgehead atoms.